The van der Waals surface area contributed by atoms with Crippen molar-refractivity contribution in [3.8, 4) is 0 Å². The third-order valence-electron chi connectivity index (χ3n) is 9.08. The van der Waals surface area contributed by atoms with Gasteiger partial charge in [-0.2, -0.15) is 0 Å². The van der Waals surface area contributed by atoms with Crippen molar-refractivity contribution >= 4 is 39.7 Å². The zero-order valence-electron chi connectivity index (χ0n) is 23.9. The van der Waals surface area contributed by atoms with Crippen LogP contribution in [0.5, 0.6) is 0 Å². The quantitative estimate of drug-likeness (QED) is 0.350. The molecule has 0 spiro atoms. The fourth-order valence-corrected chi connectivity index (χ4v) is 7.68. The molecule has 15 heteroatoms. The molecule has 3 aliphatic heterocycles. The van der Waals surface area contributed by atoms with Gasteiger partial charge in [-0.15, -0.1) is 6.58 Å². The largest absolute Gasteiger partial charge is 0.444 e. The van der Waals surface area contributed by atoms with Crippen LogP contribution in [0.1, 0.15) is 56.1 Å². The van der Waals surface area contributed by atoms with Crippen LogP contribution in [-0.4, -0.2) is 83.5 Å². The summed E-state index contributed by atoms with van der Waals surface area (Å²) >= 11 is 0. The number of nitrogens with one attached hydrogen (secondary N) is 3. The number of fused-ring (bicyclic) bond motifs is 1. The molecule has 1 aromatic carbocycles. The van der Waals surface area contributed by atoms with Gasteiger partial charge in [0.15, 0.2) is 0 Å². The summed E-state index contributed by atoms with van der Waals surface area (Å²) in [4.78, 5) is 68.2. The monoisotopic (exact) mass is 631 g/mol. The van der Waals surface area contributed by atoms with Crippen LogP contribution in [-0.2, 0) is 47.0 Å². The van der Waals surface area contributed by atoms with Crippen LogP contribution in [0.2, 0.25) is 0 Å². The lowest BCUT2D eigenvalue weighted by molar-refractivity contribution is -0.143. The van der Waals surface area contributed by atoms with E-state index in [0.29, 0.717) is 36.8 Å². The van der Waals surface area contributed by atoms with Gasteiger partial charge in [-0.3, -0.25) is 28.8 Å². The molecule has 2 aliphatic carbocycles. The number of carbonyl (C=O) groups is 5. The minimum Gasteiger partial charge on any atom is -0.444 e. The van der Waals surface area contributed by atoms with Gasteiger partial charge >= 0.3 is 6.09 Å². The molecule has 5 atom stereocenters. The number of hydrogen-bond acceptors (Lipinski definition) is 8. The molecule has 2 saturated heterocycles. The van der Waals surface area contributed by atoms with E-state index in [1.807, 2.05) is 0 Å². The van der Waals surface area contributed by atoms with Crippen molar-refractivity contribution in [1.29, 1.82) is 0 Å². The Morgan fingerprint density at radius 2 is 1.93 bits per heavy atom. The fraction of sp³-hybridized carbons (Fsp3) is 0.552. The van der Waals surface area contributed by atoms with Gasteiger partial charge in [0, 0.05) is 30.9 Å². The summed E-state index contributed by atoms with van der Waals surface area (Å²) in [6.07, 6.45) is 1.85. The van der Waals surface area contributed by atoms with Crippen LogP contribution in [0, 0.1) is 11.7 Å². The maximum Gasteiger partial charge on any atom is 0.410 e. The zero-order valence-corrected chi connectivity index (χ0v) is 24.7. The standard InChI is InChI=1S/C29H34FN5O8S/c1-2-17-12-29(17,27(39)33-44(41,42)19-9-10-19)32-25(37)23-11-18(14-35(23)26(38)22-7-4-8-24(36)31-22)43-28(40)34-13-16-5-3-6-21(30)20(16)15-34/h2-3,5-6,17-19,22-23H,1,4,7-15H2,(H,31,36)(H,32,37)(H,33,39)/t17-,18-,22+,23+,29-/m1/s1. The van der Waals surface area contributed by atoms with Crippen LogP contribution in [0.3, 0.4) is 0 Å². The Kier molecular flexibility index (Phi) is 7.62. The number of nitrogens with zero attached hydrogens (tertiary/aromatic N) is 2. The third kappa shape index (κ3) is 5.64. The van der Waals surface area contributed by atoms with E-state index in [1.165, 1.54) is 21.9 Å². The second-order valence-corrected chi connectivity index (χ2v) is 14.1. The smallest absolute Gasteiger partial charge is 0.410 e. The van der Waals surface area contributed by atoms with Crippen LogP contribution < -0.4 is 15.4 Å². The predicted octanol–water partition coefficient (Wildman–Crippen LogP) is 0.585. The second-order valence-electron chi connectivity index (χ2n) is 12.2. The van der Waals surface area contributed by atoms with Crippen LogP contribution in [0.15, 0.2) is 30.9 Å². The van der Waals surface area contributed by atoms with Crippen molar-refractivity contribution in [3.05, 3.63) is 47.8 Å². The Morgan fingerprint density at radius 1 is 1.16 bits per heavy atom. The lowest BCUT2D eigenvalue weighted by atomic mass is 10.0. The molecule has 44 heavy (non-hydrogen) atoms. The van der Waals surface area contributed by atoms with Crippen LogP contribution in [0.25, 0.3) is 0 Å². The molecule has 236 valence electrons. The molecule has 6 rings (SSSR count). The number of halogens is 1. The number of carbonyl (C=O) groups excluding carboxylic acids is 5. The van der Waals surface area contributed by atoms with Crippen molar-refractivity contribution in [2.75, 3.05) is 6.54 Å². The van der Waals surface area contributed by atoms with Crippen LogP contribution >= 0.6 is 0 Å². The van der Waals surface area contributed by atoms with Gasteiger partial charge < -0.3 is 20.3 Å². The van der Waals surface area contributed by atoms with Gasteiger partial charge in [0.1, 0.15) is 29.5 Å². The van der Waals surface area contributed by atoms with Gasteiger partial charge in [-0.1, -0.05) is 18.2 Å². The van der Waals surface area contributed by atoms with Crippen molar-refractivity contribution in [2.45, 2.75) is 87.0 Å². The number of benzene rings is 1. The second kappa shape index (κ2) is 11.2. The summed E-state index contributed by atoms with van der Waals surface area (Å²) < 4.78 is 47.0. The van der Waals surface area contributed by atoms with E-state index in [1.54, 1.807) is 12.1 Å². The molecule has 0 unspecified atom stereocenters. The van der Waals surface area contributed by atoms with E-state index in [2.05, 4.69) is 21.9 Å². The molecule has 0 aromatic heterocycles. The Bertz CT molecular complexity index is 1550. The number of sulfonamides is 1. The molecule has 3 N–H and O–H groups in total. The molecule has 5 aliphatic rings. The SMILES string of the molecule is C=C[C@@H]1C[C@]1(NC(=O)[C@@H]1C[C@@H](OC(=O)N2Cc3cccc(F)c3C2)CN1C(=O)[C@@H]1CCCC(=O)N1)C(=O)NS(=O)(=O)C1CC1. The Hall–Kier alpha value is -4.01. The fourth-order valence-electron chi connectivity index (χ4n) is 6.31. The number of ether oxygens (including phenoxy) is 1. The van der Waals surface area contributed by atoms with Crippen molar-refractivity contribution in [3.63, 3.8) is 0 Å². The highest BCUT2D eigenvalue weighted by atomic mass is 32.2. The Labute approximate surface area is 253 Å². The first kappa shape index (κ1) is 30.0. The molecule has 4 fully saturated rings. The maximum atomic E-state index is 14.2. The van der Waals surface area contributed by atoms with Crippen molar-refractivity contribution in [1.82, 2.24) is 25.2 Å². The van der Waals surface area contributed by atoms with E-state index >= 15 is 0 Å². The molecular weight excluding hydrogens is 597 g/mol. The van der Waals surface area contributed by atoms with Crippen LogP contribution in [0.4, 0.5) is 9.18 Å². The average molecular weight is 632 g/mol. The summed E-state index contributed by atoms with van der Waals surface area (Å²) in [6.45, 7) is 3.70. The molecular formula is C29H34FN5O8S. The first-order valence-corrected chi connectivity index (χ1v) is 16.3. The molecule has 0 radical (unpaired) electrons. The van der Waals surface area contributed by atoms with E-state index in [4.69, 9.17) is 4.74 Å². The molecule has 1 aromatic rings. The lowest BCUT2D eigenvalue weighted by Gasteiger charge is -2.31. The molecule has 2 saturated carbocycles. The topological polar surface area (TPSA) is 171 Å². The lowest BCUT2D eigenvalue weighted by Crippen LogP contribution is -2.58. The third-order valence-corrected chi connectivity index (χ3v) is 10.9. The summed E-state index contributed by atoms with van der Waals surface area (Å²) in [6, 6.07) is 2.54. The molecule has 3 heterocycles. The first-order valence-electron chi connectivity index (χ1n) is 14.7. The number of amides is 5. The average Bonchev–Trinajstić information content (AvgIpc) is 3.87. The molecule has 5 amide bonds. The van der Waals surface area contributed by atoms with E-state index in [-0.39, 0.29) is 44.8 Å². The predicted molar refractivity (Wildman–Crippen MR) is 151 cm³/mol. The van der Waals surface area contributed by atoms with E-state index in [0.717, 1.165) is 0 Å². The number of piperidine rings is 1. The van der Waals surface area contributed by atoms with E-state index < -0.39 is 74.5 Å². The van der Waals surface area contributed by atoms with Crippen molar-refractivity contribution in [2.24, 2.45) is 5.92 Å². The van der Waals surface area contributed by atoms with E-state index in [9.17, 15) is 36.8 Å². The first-order chi connectivity index (χ1) is 20.9. The summed E-state index contributed by atoms with van der Waals surface area (Å²) in [7, 11) is -3.89. The summed E-state index contributed by atoms with van der Waals surface area (Å²) in [5.41, 5.74) is -0.509. The maximum absolute atomic E-state index is 14.2. The summed E-state index contributed by atoms with van der Waals surface area (Å²) in [5.74, 6) is -3.38. The van der Waals surface area contributed by atoms with Gasteiger partial charge in [0.05, 0.1) is 18.3 Å². The minimum atomic E-state index is -3.89. The normalized spacial score (nSPS) is 29.3. The number of likely N-dealkylation sites (tertiary alicyclic amines) is 1. The molecule has 0 bridgehead atoms. The number of rotatable bonds is 8. The highest BCUT2D eigenvalue weighted by Crippen LogP contribution is 2.45. The van der Waals surface area contributed by atoms with Gasteiger partial charge in [0.25, 0.3) is 5.91 Å². The number of hydrogen-bond donors (Lipinski definition) is 3. The van der Waals surface area contributed by atoms with Gasteiger partial charge in [-0.05, 0) is 43.7 Å². The van der Waals surface area contributed by atoms with Gasteiger partial charge in [0.2, 0.25) is 27.7 Å². The van der Waals surface area contributed by atoms with Gasteiger partial charge in [-0.25, -0.2) is 17.6 Å². The van der Waals surface area contributed by atoms with Crippen molar-refractivity contribution < 1.29 is 41.5 Å². The zero-order chi connectivity index (χ0) is 31.4. The molecule has 13 nitrogen and oxygen atoms in total. The highest BCUT2D eigenvalue weighted by molar-refractivity contribution is 7.91. The highest BCUT2D eigenvalue weighted by Gasteiger charge is 2.62. The minimum absolute atomic E-state index is 0.0125. The Balaban J connectivity index is 1.18. The Morgan fingerprint density at radius 3 is 2.59 bits per heavy atom. The summed E-state index contributed by atoms with van der Waals surface area (Å²) in [5, 5.41) is 4.67.